The quantitative estimate of drug-likeness (QED) is 0.758. The van der Waals surface area contributed by atoms with Gasteiger partial charge in [0.1, 0.15) is 0 Å². The van der Waals surface area contributed by atoms with Gasteiger partial charge in [0.05, 0.1) is 0 Å². The molecule has 2 nitrogen and oxygen atoms in total. The Balaban J connectivity index is 2.68. The molecule has 0 fully saturated rings. The van der Waals surface area contributed by atoms with Crippen molar-refractivity contribution in [2.45, 2.75) is 0 Å². The lowest BCUT2D eigenvalue weighted by Gasteiger charge is -2.18. The molecule has 16 heavy (non-hydrogen) atoms. The molecule has 2 aromatic rings. The SMILES string of the molecule is CN(C)c1ccc2cccc(N(C)C)c2c1. The normalized spacial score (nSPS) is 10.5. The van der Waals surface area contributed by atoms with E-state index in [1.54, 1.807) is 0 Å². The van der Waals surface area contributed by atoms with Gasteiger partial charge in [-0.05, 0) is 23.6 Å². The van der Waals surface area contributed by atoms with Gasteiger partial charge in [-0.25, -0.2) is 0 Å². The minimum atomic E-state index is 1.24. The van der Waals surface area contributed by atoms with Gasteiger partial charge in [0.25, 0.3) is 0 Å². The van der Waals surface area contributed by atoms with E-state index in [0.717, 1.165) is 0 Å². The highest BCUT2D eigenvalue weighted by Crippen LogP contribution is 2.28. The first-order valence-corrected chi connectivity index (χ1v) is 5.47. The van der Waals surface area contributed by atoms with Crippen LogP contribution < -0.4 is 9.80 Å². The van der Waals surface area contributed by atoms with Gasteiger partial charge in [0, 0.05) is 45.0 Å². The predicted octanol–water partition coefficient (Wildman–Crippen LogP) is 2.97. The van der Waals surface area contributed by atoms with Crippen LogP contribution in [0.25, 0.3) is 10.8 Å². The van der Waals surface area contributed by atoms with E-state index < -0.39 is 0 Å². The fraction of sp³-hybridized carbons (Fsp3) is 0.286. The maximum absolute atomic E-state index is 2.24. The third kappa shape index (κ3) is 1.83. The second-order valence-corrected chi connectivity index (χ2v) is 4.47. The van der Waals surface area contributed by atoms with Crippen LogP contribution in [0.2, 0.25) is 0 Å². The molecule has 0 saturated carbocycles. The highest BCUT2D eigenvalue weighted by molar-refractivity contribution is 5.96. The molecule has 0 bridgehead atoms. The highest BCUT2D eigenvalue weighted by atomic mass is 15.1. The summed E-state index contributed by atoms with van der Waals surface area (Å²) >= 11 is 0. The molecule has 0 unspecified atom stereocenters. The van der Waals surface area contributed by atoms with Crippen LogP contribution in [-0.4, -0.2) is 28.2 Å². The lowest BCUT2D eigenvalue weighted by Crippen LogP contribution is -2.10. The molecule has 2 aromatic carbocycles. The Morgan fingerprint density at radius 3 is 2.19 bits per heavy atom. The van der Waals surface area contributed by atoms with Gasteiger partial charge in [-0.2, -0.15) is 0 Å². The van der Waals surface area contributed by atoms with Crippen molar-refractivity contribution in [3.05, 3.63) is 36.4 Å². The third-order valence-electron chi connectivity index (χ3n) is 2.84. The second-order valence-electron chi connectivity index (χ2n) is 4.47. The third-order valence-corrected chi connectivity index (χ3v) is 2.84. The van der Waals surface area contributed by atoms with Gasteiger partial charge in [-0.1, -0.05) is 18.2 Å². The van der Waals surface area contributed by atoms with Crippen molar-refractivity contribution < 1.29 is 0 Å². The van der Waals surface area contributed by atoms with Crippen LogP contribution in [0.15, 0.2) is 36.4 Å². The Morgan fingerprint density at radius 1 is 0.812 bits per heavy atom. The number of anilines is 2. The molecule has 0 aliphatic heterocycles. The van der Waals surface area contributed by atoms with E-state index in [1.165, 1.54) is 22.1 Å². The monoisotopic (exact) mass is 214 g/mol. The van der Waals surface area contributed by atoms with Crippen LogP contribution in [0.4, 0.5) is 11.4 Å². The zero-order valence-corrected chi connectivity index (χ0v) is 10.4. The molecule has 0 saturated heterocycles. The minimum absolute atomic E-state index is 1.24. The van der Waals surface area contributed by atoms with Crippen LogP contribution >= 0.6 is 0 Å². The fourth-order valence-electron chi connectivity index (χ4n) is 1.91. The van der Waals surface area contributed by atoms with Crippen LogP contribution in [-0.2, 0) is 0 Å². The minimum Gasteiger partial charge on any atom is -0.378 e. The first-order chi connectivity index (χ1) is 7.59. The summed E-state index contributed by atoms with van der Waals surface area (Å²) in [5.41, 5.74) is 2.50. The Kier molecular flexibility index (Phi) is 2.73. The van der Waals surface area contributed by atoms with Crippen molar-refractivity contribution in [1.82, 2.24) is 0 Å². The molecule has 0 radical (unpaired) electrons. The standard InChI is InChI=1S/C14H18N2/c1-15(2)12-9-8-11-6-5-7-14(16(3)4)13(11)10-12/h5-10H,1-4H3. The van der Waals surface area contributed by atoms with Crippen molar-refractivity contribution in [2.75, 3.05) is 38.0 Å². The molecule has 0 N–H and O–H groups in total. The molecule has 0 aromatic heterocycles. The molecule has 2 heteroatoms. The first kappa shape index (κ1) is 10.8. The van der Waals surface area contributed by atoms with Crippen LogP contribution in [0.3, 0.4) is 0 Å². The number of benzene rings is 2. The molecular formula is C14H18N2. The summed E-state index contributed by atoms with van der Waals surface area (Å²) in [6.07, 6.45) is 0. The summed E-state index contributed by atoms with van der Waals surface area (Å²) in [7, 11) is 8.30. The number of nitrogens with zero attached hydrogens (tertiary/aromatic N) is 2. The fourth-order valence-corrected chi connectivity index (χ4v) is 1.91. The predicted molar refractivity (Wildman–Crippen MR) is 72.6 cm³/mol. The Morgan fingerprint density at radius 2 is 1.56 bits per heavy atom. The van der Waals surface area contributed by atoms with E-state index in [0.29, 0.717) is 0 Å². The highest BCUT2D eigenvalue weighted by Gasteiger charge is 2.04. The Hall–Kier alpha value is -1.70. The van der Waals surface area contributed by atoms with E-state index in [4.69, 9.17) is 0 Å². The molecule has 0 spiro atoms. The topological polar surface area (TPSA) is 6.48 Å². The average molecular weight is 214 g/mol. The van der Waals surface area contributed by atoms with Gasteiger partial charge < -0.3 is 9.80 Å². The summed E-state index contributed by atoms with van der Waals surface area (Å²) in [5, 5.41) is 2.59. The zero-order chi connectivity index (χ0) is 11.7. The number of fused-ring (bicyclic) bond motifs is 1. The Labute approximate surface area is 97.1 Å². The van der Waals surface area contributed by atoms with Crippen molar-refractivity contribution in [3.8, 4) is 0 Å². The van der Waals surface area contributed by atoms with Crippen LogP contribution in [0.5, 0.6) is 0 Å². The summed E-state index contributed by atoms with van der Waals surface area (Å²) in [4.78, 5) is 4.29. The van der Waals surface area contributed by atoms with E-state index >= 15 is 0 Å². The summed E-state index contributed by atoms with van der Waals surface area (Å²) < 4.78 is 0. The average Bonchev–Trinajstić information content (AvgIpc) is 2.27. The maximum Gasteiger partial charge on any atom is 0.0441 e. The molecule has 0 aliphatic rings. The van der Waals surface area contributed by atoms with Crippen molar-refractivity contribution in [2.24, 2.45) is 0 Å². The van der Waals surface area contributed by atoms with Crippen molar-refractivity contribution in [1.29, 1.82) is 0 Å². The van der Waals surface area contributed by atoms with Gasteiger partial charge in [-0.3, -0.25) is 0 Å². The lowest BCUT2D eigenvalue weighted by atomic mass is 10.1. The number of rotatable bonds is 2. The van der Waals surface area contributed by atoms with E-state index in [1.807, 2.05) is 0 Å². The molecule has 0 amide bonds. The summed E-state index contributed by atoms with van der Waals surface area (Å²) in [6, 6.07) is 13.0. The maximum atomic E-state index is 2.24. The summed E-state index contributed by atoms with van der Waals surface area (Å²) in [6.45, 7) is 0. The number of hydrogen-bond donors (Lipinski definition) is 0. The first-order valence-electron chi connectivity index (χ1n) is 5.47. The Bertz CT molecular complexity index is 501. The van der Waals surface area contributed by atoms with Crippen molar-refractivity contribution >= 4 is 22.1 Å². The molecular weight excluding hydrogens is 196 g/mol. The lowest BCUT2D eigenvalue weighted by molar-refractivity contribution is 1.13. The smallest absolute Gasteiger partial charge is 0.0441 e. The second kappa shape index (κ2) is 4.05. The van der Waals surface area contributed by atoms with E-state index in [-0.39, 0.29) is 0 Å². The molecule has 0 atom stereocenters. The van der Waals surface area contributed by atoms with Crippen LogP contribution in [0, 0.1) is 0 Å². The van der Waals surface area contributed by atoms with Crippen molar-refractivity contribution in [3.63, 3.8) is 0 Å². The van der Waals surface area contributed by atoms with E-state index in [9.17, 15) is 0 Å². The van der Waals surface area contributed by atoms with Gasteiger partial charge in [0.2, 0.25) is 0 Å². The molecule has 0 aliphatic carbocycles. The molecule has 0 heterocycles. The van der Waals surface area contributed by atoms with Gasteiger partial charge in [0.15, 0.2) is 0 Å². The van der Waals surface area contributed by atoms with E-state index in [2.05, 4.69) is 74.4 Å². The van der Waals surface area contributed by atoms with Gasteiger partial charge in [-0.15, -0.1) is 0 Å². The van der Waals surface area contributed by atoms with Crippen LogP contribution in [0.1, 0.15) is 0 Å². The molecule has 84 valence electrons. The number of hydrogen-bond acceptors (Lipinski definition) is 2. The van der Waals surface area contributed by atoms with Gasteiger partial charge >= 0.3 is 0 Å². The zero-order valence-electron chi connectivity index (χ0n) is 10.4. The summed E-state index contributed by atoms with van der Waals surface area (Å²) in [5.74, 6) is 0. The largest absolute Gasteiger partial charge is 0.378 e. The molecule has 2 rings (SSSR count).